The van der Waals surface area contributed by atoms with E-state index in [0.717, 1.165) is 45.2 Å². The molecule has 0 atom stereocenters. The van der Waals surface area contributed by atoms with Gasteiger partial charge in [0, 0.05) is 39.9 Å². The highest BCUT2D eigenvalue weighted by Gasteiger charge is 2.03. The van der Waals surface area contributed by atoms with Crippen molar-refractivity contribution in [2.45, 2.75) is 47.0 Å². The lowest BCUT2D eigenvalue weighted by Gasteiger charge is -2.21. The van der Waals surface area contributed by atoms with Crippen LogP contribution >= 0.6 is 24.0 Å². The van der Waals surface area contributed by atoms with Crippen LogP contribution in [0.25, 0.3) is 0 Å². The van der Waals surface area contributed by atoms with Gasteiger partial charge < -0.3 is 15.0 Å². The van der Waals surface area contributed by atoms with Crippen LogP contribution in [0, 0.1) is 5.92 Å². The molecule has 0 unspecified atom stereocenters. The first kappa shape index (κ1) is 22.2. The predicted molar refractivity (Wildman–Crippen MR) is 99.2 cm³/mol. The van der Waals surface area contributed by atoms with Crippen molar-refractivity contribution in [3.05, 3.63) is 0 Å². The third kappa shape index (κ3) is 13.0. The van der Waals surface area contributed by atoms with Crippen LogP contribution in [-0.2, 0) is 4.74 Å². The first-order valence-electron chi connectivity index (χ1n) is 7.68. The topological polar surface area (TPSA) is 36.9 Å². The first-order valence-corrected chi connectivity index (χ1v) is 7.68. The third-order valence-electron chi connectivity index (χ3n) is 2.70. The van der Waals surface area contributed by atoms with Gasteiger partial charge in [0.25, 0.3) is 0 Å². The zero-order chi connectivity index (χ0) is 14.5. The summed E-state index contributed by atoms with van der Waals surface area (Å²) in [6, 6.07) is 0. The second-order valence-corrected chi connectivity index (χ2v) is 5.33. The maximum Gasteiger partial charge on any atom is 0.193 e. The summed E-state index contributed by atoms with van der Waals surface area (Å²) in [5, 5.41) is 3.34. The van der Waals surface area contributed by atoms with Crippen LogP contribution in [0.3, 0.4) is 0 Å². The van der Waals surface area contributed by atoms with Crippen LogP contribution in [0.15, 0.2) is 4.99 Å². The fourth-order valence-electron chi connectivity index (χ4n) is 1.64. The molecule has 0 heterocycles. The second kappa shape index (κ2) is 15.4. The Balaban J connectivity index is 0. The molecule has 4 nitrogen and oxygen atoms in total. The third-order valence-corrected chi connectivity index (χ3v) is 2.70. The molecule has 0 aliphatic heterocycles. The fraction of sp³-hybridized carbons (Fsp3) is 0.933. The van der Waals surface area contributed by atoms with Crippen molar-refractivity contribution in [2.75, 3.05) is 39.9 Å². The molecule has 0 aliphatic rings. The maximum absolute atomic E-state index is 5.56. The highest BCUT2D eigenvalue weighted by atomic mass is 127. The summed E-state index contributed by atoms with van der Waals surface area (Å²) in [5.74, 6) is 1.63. The van der Waals surface area contributed by atoms with Crippen molar-refractivity contribution in [2.24, 2.45) is 10.9 Å². The van der Waals surface area contributed by atoms with E-state index in [1.54, 1.807) is 0 Å². The number of rotatable bonds is 10. The van der Waals surface area contributed by atoms with Crippen LogP contribution in [0.1, 0.15) is 47.0 Å². The van der Waals surface area contributed by atoms with Gasteiger partial charge in [-0.25, -0.2) is 0 Å². The number of hydrogen-bond acceptors (Lipinski definition) is 2. The molecule has 0 spiro atoms. The van der Waals surface area contributed by atoms with Gasteiger partial charge >= 0.3 is 0 Å². The Bertz CT molecular complexity index is 235. The van der Waals surface area contributed by atoms with Crippen LogP contribution in [-0.4, -0.2) is 50.8 Å². The summed E-state index contributed by atoms with van der Waals surface area (Å²) in [5.41, 5.74) is 0. The second-order valence-electron chi connectivity index (χ2n) is 5.33. The monoisotopic (exact) mass is 399 g/mol. The summed E-state index contributed by atoms with van der Waals surface area (Å²) < 4.78 is 5.56. The lowest BCUT2D eigenvalue weighted by molar-refractivity contribution is 0.109. The molecule has 0 radical (unpaired) electrons. The number of hydrogen-bond donors (Lipinski definition) is 1. The van der Waals surface area contributed by atoms with E-state index in [1.807, 2.05) is 0 Å². The zero-order valence-electron chi connectivity index (χ0n) is 13.9. The van der Waals surface area contributed by atoms with Crippen LogP contribution < -0.4 is 5.32 Å². The number of nitrogens with one attached hydrogen (secondary N) is 1. The summed E-state index contributed by atoms with van der Waals surface area (Å²) in [7, 11) is 2.10. The van der Waals surface area contributed by atoms with Gasteiger partial charge in [0.2, 0.25) is 0 Å². The molecule has 0 bridgehead atoms. The lowest BCUT2D eigenvalue weighted by Crippen LogP contribution is -2.39. The zero-order valence-corrected chi connectivity index (χ0v) is 16.3. The highest BCUT2D eigenvalue weighted by Crippen LogP contribution is 1.96. The highest BCUT2D eigenvalue weighted by molar-refractivity contribution is 14.0. The molecule has 0 rings (SSSR count). The normalized spacial score (nSPS) is 11.4. The van der Waals surface area contributed by atoms with Gasteiger partial charge in [-0.2, -0.15) is 0 Å². The quantitative estimate of drug-likeness (QED) is 0.265. The molecule has 122 valence electrons. The Kier molecular flexibility index (Phi) is 17.1. The summed E-state index contributed by atoms with van der Waals surface area (Å²) in [4.78, 5) is 6.84. The number of guanidine groups is 1. The molecule has 0 aliphatic carbocycles. The van der Waals surface area contributed by atoms with E-state index >= 15 is 0 Å². The molecule has 0 saturated carbocycles. The SMILES string of the molecule is CCCCN(C)C(=NCCCOCC(C)C)NCC.I. The average Bonchev–Trinajstić information content (AvgIpc) is 2.38. The van der Waals surface area contributed by atoms with Gasteiger partial charge in [-0.3, -0.25) is 4.99 Å². The number of nitrogens with zero attached hydrogens (tertiary/aromatic N) is 2. The van der Waals surface area contributed by atoms with Crippen LogP contribution in [0.4, 0.5) is 0 Å². The summed E-state index contributed by atoms with van der Waals surface area (Å²) in [6.45, 7) is 13.1. The Hall–Kier alpha value is -0.0400. The van der Waals surface area contributed by atoms with E-state index in [0.29, 0.717) is 5.92 Å². The minimum absolute atomic E-state index is 0. The van der Waals surface area contributed by atoms with Crippen molar-refractivity contribution in [1.29, 1.82) is 0 Å². The van der Waals surface area contributed by atoms with Crippen molar-refractivity contribution in [3.8, 4) is 0 Å². The number of unbranched alkanes of at least 4 members (excludes halogenated alkanes) is 1. The molecule has 0 aromatic rings. The minimum atomic E-state index is 0. The van der Waals surface area contributed by atoms with Crippen molar-refractivity contribution >= 4 is 29.9 Å². The van der Waals surface area contributed by atoms with Gasteiger partial charge in [-0.15, -0.1) is 24.0 Å². The number of aliphatic imine (C=N–C) groups is 1. The molecule has 0 fully saturated rings. The Morgan fingerprint density at radius 2 is 1.95 bits per heavy atom. The lowest BCUT2D eigenvalue weighted by atomic mass is 10.2. The maximum atomic E-state index is 5.56. The van der Waals surface area contributed by atoms with E-state index in [-0.39, 0.29) is 24.0 Å². The average molecular weight is 399 g/mol. The Morgan fingerprint density at radius 1 is 1.25 bits per heavy atom. The van der Waals surface area contributed by atoms with E-state index in [2.05, 4.69) is 50.0 Å². The van der Waals surface area contributed by atoms with E-state index in [9.17, 15) is 0 Å². The predicted octanol–water partition coefficient (Wildman–Crippen LogP) is 3.36. The van der Waals surface area contributed by atoms with Gasteiger partial charge in [0.05, 0.1) is 0 Å². The molecule has 0 saturated heterocycles. The molecule has 0 amide bonds. The first-order chi connectivity index (χ1) is 9.11. The Labute approximate surface area is 142 Å². The van der Waals surface area contributed by atoms with Crippen molar-refractivity contribution in [1.82, 2.24) is 10.2 Å². The fourth-order valence-corrected chi connectivity index (χ4v) is 1.64. The van der Waals surface area contributed by atoms with Crippen molar-refractivity contribution < 1.29 is 4.74 Å². The molecule has 5 heteroatoms. The van der Waals surface area contributed by atoms with Gasteiger partial charge in [-0.1, -0.05) is 27.2 Å². The molecule has 20 heavy (non-hydrogen) atoms. The van der Waals surface area contributed by atoms with Gasteiger partial charge in [0.15, 0.2) is 5.96 Å². The largest absolute Gasteiger partial charge is 0.381 e. The van der Waals surface area contributed by atoms with E-state index in [1.165, 1.54) is 12.8 Å². The van der Waals surface area contributed by atoms with E-state index < -0.39 is 0 Å². The number of ether oxygens (including phenoxy) is 1. The van der Waals surface area contributed by atoms with Gasteiger partial charge in [0.1, 0.15) is 0 Å². The van der Waals surface area contributed by atoms with Gasteiger partial charge in [-0.05, 0) is 25.7 Å². The number of halogens is 1. The van der Waals surface area contributed by atoms with E-state index in [4.69, 9.17) is 4.74 Å². The standard InChI is InChI=1S/C15H33N3O.HI/c1-6-8-11-18(5)15(16-7-2)17-10-9-12-19-13-14(3)4;/h14H,6-13H2,1-5H3,(H,16,17);1H. The summed E-state index contributed by atoms with van der Waals surface area (Å²) in [6.07, 6.45) is 3.41. The Morgan fingerprint density at radius 3 is 2.50 bits per heavy atom. The minimum Gasteiger partial charge on any atom is -0.381 e. The molecule has 1 N–H and O–H groups in total. The molecule has 0 aromatic carbocycles. The molecular formula is C15H34IN3O. The summed E-state index contributed by atoms with van der Waals surface area (Å²) >= 11 is 0. The van der Waals surface area contributed by atoms with Crippen LogP contribution in [0.5, 0.6) is 0 Å². The smallest absolute Gasteiger partial charge is 0.193 e. The van der Waals surface area contributed by atoms with Crippen molar-refractivity contribution in [3.63, 3.8) is 0 Å². The molecular weight excluding hydrogens is 365 g/mol. The van der Waals surface area contributed by atoms with Crippen LogP contribution in [0.2, 0.25) is 0 Å². The molecule has 0 aromatic heterocycles.